The number of hydrogen-bond donors (Lipinski definition) is 2. The van der Waals surface area contributed by atoms with Gasteiger partial charge in [-0.2, -0.15) is 5.26 Å². The van der Waals surface area contributed by atoms with Gasteiger partial charge in [0.1, 0.15) is 11.9 Å². The molecule has 150 valence electrons. The molecule has 0 radical (unpaired) electrons. The van der Waals surface area contributed by atoms with Crippen LogP contribution in [0.4, 0.5) is 20.6 Å². The van der Waals surface area contributed by atoms with Crippen LogP contribution in [0.3, 0.4) is 0 Å². The van der Waals surface area contributed by atoms with Crippen molar-refractivity contribution in [1.82, 2.24) is 5.32 Å². The molecule has 0 bridgehead atoms. The molecule has 9 heteroatoms. The zero-order valence-electron chi connectivity index (χ0n) is 15.7. The maximum Gasteiger partial charge on any atom is 0.414 e. The van der Waals surface area contributed by atoms with Gasteiger partial charge in [-0.1, -0.05) is 0 Å². The van der Waals surface area contributed by atoms with Crippen LogP contribution >= 0.6 is 0 Å². The number of anilines is 2. The van der Waals surface area contributed by atoms with Crippen molar-refractivity contribution in [2.24, 2.45) is 0 Å². The van der Waals surface area contributed by atoms with Gasteiger partial charge in [0, 0.05) is 20.0 Å². The maximum atomic E-state index is 14.7. The number of aliphatic hydroxyl groups is 1. The summed E-state index contributed by atoms with van der Waals surface area (Å²) in [6.45, 7) is 2.70. The van der Waals surface area contributed by atoms with Gasteiger partial charge in [-0.05, 0) is 31.0 Å². The first-order valence-electron chi connectivity index (χ1n) is 9.18. The van der Waals surface area contributed by atoms with E-state index in [1.54, 1.807) is 12.1 Å². The Morgan fingerprint density at radius 2 is 2.18 bits per heavy atom. The number of nitriles is 1. The second kappa shape index (κ2) is 8.02. The molecule has 0 spiro atoms. The lowest BCUT2D eigenvalue weighted by molar-refractivity contribution is -0.119. The van der Waals surface area contributed by atoms with E-state index in [-0.39, 0.29) is 25.4 Å². The zero-order chi connectivity index (χ0) is 20.3. The van der Waals surface area contributed by atoms with Crippen LogP contribution in [0.5, 0.6) is 0 Å². The number of amides is 2. The lowest BCUT2D eigenvalue weighted by Crippen LogP contribution is -2.44. The highest BCUT2D eigenvalue weighted by Crippen LogP contribution is 2.32. The van der Waals surface area contributed by atoms with Crippen LogP contribution in [0.2, 0.25) is 0 Å². The van der Waals surface area contributed by atoms with Gasteiger partial charge in [-0.15, -0.1) is 0 Å². The summed E-state index contributed by atoms with van der Waals surface area (Å²) in [4.78, 5) is 26.2. The van der Waals surface area contributed by atoms with Gasteiger partial charge in [0.25, 0.3) is 0 Å². The molecule has 0 aliphatic carbocycles. The van der Waals surface area contributed by atoms with Gasteiger partial charge in [0.2, 0.25) is 5.91 Å². The van der Waals surface area contributed by atoms with E-state index in [9.17, 15) is 19.1 Å². The third-order valence-corrected chi connectivity index (χ3v) is 5.14. The fraction of sp³-hybridized carbons (Fsp3) is 0.526. The fourth-order valence-electron chi connectivity index (χ4n) is 3.50. The Hall–Kier alpha value is -2.86. The summed E-state index contributed by atoms with van der Waals surface area (Å²) in [5.41, 5.74) is -0.233. The number of carbonyl (C=O) groups excluding carboxylic acids is 2. The summed E-state index contributed by atoms with van der Waals surface area (Å²) < 4.78 is 19.9. The van der Waals surface area contributed by atoms with Crippen molar-refractivity contribution in [3.63, 3.8) is 0 Å². The number of carbonyl (C=O) groups is 2. The van der Waals surface area contributed by atoms with Crippen molar-refractivity contribution >= 4 is 23.4 Å². The number of hydrogen-bond acceptors (Lipinski definition) is 6. The SMILES string of the molecule is CC(=O)NCC1CN(c2ccc(N3CCC(O)(CC#N)CC3)c(F)c2)C(=O)O1. The molecule has 1 aromatic carbocycles. The summed E-state index contributed by atoms with van der Waals surface area (Å²) >= 11 is 0. The molecule has 2 fully saturated rings. The van der Waals surface area contributed by atoms with Crippen LogP contribution in [0.15, 0.2) is 18.2 Å². The predicted molar refractivity (Wildman–Crippen MR) is 99.3 cm³/mol. The van der Waals surface area contributed by atoms with E-state index in [2.05, 4.69) is 5.32 Å². The quantitative estimate of drug-likeness (QED) is 0.790. The van der Waals surface area contributed by atoms with Crippen molar-refractivity contribution in [1.29, 1.82) is 5.26 Å². The Balaban J connectivity index is 1.66. The molecule has 1 atom stereocenters. The van der Waals surface area contributed by atoms with Gasteiger partial charge in [0.05, 0.1) is 42.6 Å². The minimum atomic E-state index is -1.01. The Labute approximate surface area is 162 Å². The zero-order valence-corrected chi connectivity index (χ0v) is 15.7. The van der Waals surface area contributed by atoms with E-state index in [1.165, 1.54) is 17.9 Å². The van der Waals surface area contributed by atoms with Crippen molar-refractivity contribution in [3.05, 3.63) is 24.0 Å². The predicted octanol–water partition coefficient (Wildman–Crippen LogP) is 1.53. The Kier molecular flexibility index (Phi) is 5.70. The first-order chi connectivity index (χ1) is 13.3. The van der Waals surface area contributed by atoms with E-state index in [0.717, 1.165) is 0 Å². The molecule has 0 aromatic heterocycles. The van der Waals surface area contributed by atoms with E-state index in [1.807, 2.05) is 11.0 Å². The van der Waals surface area contributed by atoms with Crippen LogP contribution in [0.1, 0.15) is 26.2 Å². The Morgan fingerprint density at radius 1 is 1.46 bits per heavy atom. The van der Waals surface area contributed by atoms with Gasteiger partial charge >= 0.3 is 6.09 Å². The molecular weight excluding hydrogens is 367 g/mol. The monoisotopic (exact) mass is 390 g/mol. The number of cyclic esters (lactones) is 1. The molecule has 2 N–H and O–H groups in total. The van der Waals surface area contributed by atoms with Gasteiger partial charge in [-0.25, -0.2) is 9.18 Å². The van der Waals surface area contributed by atoms with Crippen LogP contribution in [-0.4, -0.2) is 55.0 Å². The molecule has 2 saturated heterocycles. The highest BCUT2D eigenvalue weighted by atomic mass is 19.1. The number of rotatable bonds is 5. The molecule has 2 aliphatic rings. The summed E-state index contributed by atoms with van der Waals surface area (Å²) in [6, 6.07) is 6.53. The lowest BCUT2D eigenvalue weighted by atomic mass is 9.88. The fourth-order valence-corrected chi connectivity index (χ4v) is 3.50. The Bertz CT molecular complexity index is 802. The first kappa shape index (κ1) is 19.9. The molecule has 2 aliphatic heterocycles. The molecule has 2 amide bonds. The van der Waals surface area contributed by atoms with Gasteiger partial charge in [-0.3, -0.25) is 9.69 Å². The minimum Gasteiger partial charge on any atom is -0.442 e. The van der Waals surface area contributed by atoms with Crippen molar-refractivity contribution in [3.8, 4) is 6.07 Å². The number of piperidine rings is 1. The lowest BCUT2D eigenvalue weighted by Gasteiger charge is -2.38. The molecule has 8 nitrogen and oxygen atoms in total. The van der Waals surface area contributed by atoms with Gasteiger partial charge < -0.3 is 20.1 Å². The maximum absolute atomic E-state index is 14.7. The van der Waals surface area contributed by atoms with Crippen LogP contribution in [0, 0.1) is 17.1 Å². The molecule has 1 unspecified atom stereocenters. The highest BCUT2D eigenvalue weighted by Gasteiger charge is 2.34. The smallest absolute Gasteiger partial charge is 0.414 e. The molecule has 1 aromatic rings. The van der Waals surface area contributed by atoms with E-state index in [0.29, 0.717) is 37.3 Å². The average Bonchev–Trinajstić information content (AvgIpc) is 3.02. The van der Waals surface area contributed by atoms with E-state index in [4.69, 9.17) is 10.00 Å². The largest absolute Gasteiger partial charge is 0.442 e. The van der Waals surface area contributed by atoms with E-state index < -0.39 is 23.6 Å². The Morgan fingerprint density at radius 3 is 2.79 bits per heavy atom. The third-order valence-electron chi connectivity index (χ3n) is 5.14. The summed E-state index contributed by atoms with van der Waals surface area (Å²) in [5, 5.41) is 21.7. The molecule has 0 saturated carbocycles. The topological polar surface area (TPSA) is 106 Å². The van der Waals surface area contributed by atoms with Gasteiger partial charge in [0.15, 0.2) is 0 Å². The standard InChI is InChI=1S/C19H23FN4O4/c1-13(25)22-11-15-12-24(18(26)28-15)14-2-3-17(16(20)10-14)23-8-5-19(27,4-7-21)6-9-23/h2-3,10,15,27H,4-6,8-9,11-12H2,1H3,(H,22,25). The number of nitrogens with zero attached hydrogens (tertiary/aromatic N) is 3. The average molecular weight is 390 g/mol. The summed E-state index contributed by atoms with van der Waals surface area (Å²) in [5.74, 6) is -0.686. The number of nitrogens with one attached hydrogen (secondary N) is 1. The van der Waals surface area contributed by atoms with Crippen LogP contribution in [-0.2, 0) is 9.53 Å². The minimum absolute atomic E-state index is 0.0684. The normalized spacial score (nSPS) is 21.2. The highest BCUT2D eigenvalue weighted by molar-refractivity contribution is 5.90. The van der Waals surface area contributed by atoms with Crippen LogP contribution < -0.4 is 15.1 Å². The summed E-state index contributed by atoms with van der Waals surface area (Å²) in [6.07, 6.45) is -0.212. The molecular formula is C19H23FN4O4. The molecule has 2 heterocycles. The molecule has 28 heavy (non-hydrogen) atoms. The van der Waals surface area contributed by atoms with Crippen LogP contribution in [0.25, 0.3) is 0 Å². The second-order valence-electron chi connectivity index (χ2n) is 7.24. The summed E-state index contributed by atoms with van der Waals surface area (Å²) in [7, 11) is 0. The number of ether oxygens (including phenoxy) is 1. The van der Waals surface area contributed by atoms with Crippen molar-refractivity contribution in [2.45, 2.75) is 37.9 Å². The number of halogens is 1. The number of benzene rings is 1. The second-order valence-corrected chi connectivity index (χ2v) is 7.24. The van der Waals surface area contributed by atoms with Crippen molar-refractivity contribution in [2.75, 3.05) is 36.0 Å². The van der Waals surface area contributed by atoms with E-state index >= 15 is 0 Å². The van der Waals surface area contributed by atoms with Crippen molar-refractivity contribution < 1.29 is 23.8 Å². The first-order valence-corrected chi connectivity index (χ1v) is 9.18. The molecule has 3 rings (SSSR count). The third kappa shape index (κ3) is 4.34.